The van der Waals surface area contributed by atoms with Gasteiger partial charge in [0.1, 0.15) is 23.1 Å². The van der Waals surface area contributed by atoms with E-state index in [1.165, 1.54) is 25.0 Å². The zero-order valence-electron chi connectivity index (χ0n) is 25.2. The van der Waals surface area contributed by atoms with Crippen molar-refractivity contribution in [3.05, 3.63) is 58.2 Å². The summed E-state index contributed by atoms with van der Waals surface area (Å²) in [5.74, 6) is 0.826. The molecule has 2 saturated carbocycles. The summed E-state index contributed by atoms with van der Waals surface area (Å²) in [5, 5.41) is 19.7. The van der Waals surface area contributed by atoms with Gasteiger partial charge in [-0.2, -0.15) is 0 Å². The third-order valence-electron chi connectivity index (χ3n) is 11.0. The molecule has 0 saturated heterocycles. The second-order valence-electron chi connectivity index (χ2n) is 14.0. The van der Waals surface area contributed by atoms with Crippen LogP contribution in [-0.4, -0.2) is 22.3 Å². The van der Waals surface area contributed by atoms with Crippen LogP contribution in [0.4, 0.5) is 8.78 Å². The molecule has 0 aliphatic heterocycles. The monoisotopic (exact) mass is 568 g/mol. The number of rotatable bonds is 4. The van der Waals surface area contributed by atoms with E-state index in [4.69, 9.17) is 11.5 Å². The Bertz CT molecular complexity index is 1250. The lowest BCUT2D eigenvalue weighted by Gasteiger charge is -2.47. The number of nitrogens with two attached hydrogens (primary N) is 2. The lowest BCUT2D eigenvalue weighted by Crippen LogP contribution is -2.53. The molecule has 6 rings (SSSR count). The van der Waals surface area contributed by atoms with Gasteiger partial charge in [0.25, 0.3) is 0 Å². The SMILES string of the molecule is CC(C)CC12CCCCC(Cc3c(F)cc(O)cc31)C2N.CCCC12CCCCC(Cc3c(F)cc(O)cc31)C2N. The molecule has 0 radical (unpaired) electrons. The van der Waals surface area contributed by atoms with Crippen LogP contribution in [0.5, 0.6) is 11.5 Å². The van der Waals surface area contributed by atoms with Crippen LogP contribution in [0, 0.1) is 29.4 Å². The second-order valence-corrected chi connectivity index (χ2v) is 14.0. The van der Waals surface area contributed by atoms with Crippen molar-refractivity contribution in [3.8, 4) is 11.5 Å². The molecular weight excluding hydrogens is 518 g/mol. The van der Waals surface area contributed by atoms with E-state index in [9.17, 15) is 19.0 Å². The Hall–Kier alpha value is -2.18. The Kier molecular flexibility index (Phi) is 8.74. The molecule has 0 heterocycles. The first kappa shape index (κ1) is 30.3. The van der Waals surface area contributed by atoms with Gasteiger partial charge >= 0.3 is 0 Å². The largest absolute Gasteiger partial charge is 0.508 e. The molecule has 6 unspecified atom stereocenters. The van der Waals surface area contributed by atoms with Crippen LogP contribution in [0.2, 0.25) is 0 Å². The number of halogens is 2. The average molecular weight is 569 g/mol. The standard InChI is InChI=1S/C18H26FNO.C17H24FNO/c1-11(2)10-18-6-4-3-5-12(17(18)20)7-14-15(18)8-13(21)9-16(14)19;1-2-6-17-7-4-3-5-11(16(17)19)8-13-14(17)9-12(20)10-15(13)18/h8-9,11-12,17,21H,3-7,10,20H2,1-2H3;9-11,16,20H,2-8,19H2,1H3. The lowest BCUT2D eigenvalue weighted by atomic mass is 9.59. The number of phenols is 2. The van der Waals surface area contributed by atoms with Crippen molar-refractivity contribution in [1.82, 2.24) is 0 Å². The second kappa shape index (κ2) is 11.8. The number of benzene rings is 2. The number of hydrogen-bond donors (Lipinski definition) is 4. The fraction of sp³-hybridized carbons (Fsp3) is 0.657. The van der Waals surface area contributed by atoms with Crippen molar-refractivity contribution in [2.45, 2.75) is 127 Å². The molecule has 2 aromatic rings. The molecule has 2 aromatic carbocycles. The normalized spacial score (nSPS) is 32.2. The number of phenolic OH excluding ortho intramolecular Hbond substituents is 2. The van der Waals surface area contributed by atoms with Crippen LogP contribution in [0.1, 0.15) is 114 Å². The molecule has 6 N–H and O–H groups in total. The number of hydrogen-bond acceptors (Lipinski definition) is 4. The highest BCUT2D eigenvalue weighted by atomic mass is 19.1. The van der Waals surface area contributed by atoms with E-state index in [0.29, 0.717) is 17.8 Å². The number of fused-ring (bicyclic) bond motifs is 8. The molecular formula is C35H50F2N2O2. The maximum absolute atomic E-state index is 14.4. The summed E-state index contributed by atoms with van der Waals surface area (Å²) in [5.41, 5.74) is 16.6. The third-order valence-corrected chi connectivity index (χ3v) is 11.0. The Morgan fingerprint density at radius 2 is 1.24 bits per heavy atom. The Morgan fingerprint density at radius 1 is 0.780 bits per heavy atom. The van der Waals surface area contributed by atoms with E-state index in [1.807, 2.05) is 0 Å². The van der Waals surface area contributed by atoms with Gasteiger partial charge in [-0.15, -0.1) is 0 Å². The van der Waals surface area contributed by atoms with Crippen molar-refractivity contribution in [2.24, 2.45) is 29.2 Å². The molecule has 0 aromatic heterocycles. The fourth-order valence-corrected chi connectivity index (χ4v) is 9.40. The molecule has 4 nitrogen and oxygen atoms in total. The molecule has 4 aliphatic carbocycles. The van der Waals surface area contributed by atoms with E-state index in [0.717, 1.165) is 92.9 Å². The van der Waals surface area contributed by atoms with Gasteiger partial charge in [-0.1, -0.05) is 52.9 Å². The molecule has 41 heavy (non-hydrogen) atoms. The van der Waals surface area contributed by atoms with Gasteiger partial charge in [-0.05, 0) is 104 Å². The van der Waals surface area contributed by atoms with E-state index in [2.05, 4.69) is 20.8 Å². The Balaban J connectivity index is 0.000000165. The van der Waals surface area contributed by atoms with Crippen molar-refractivity contribution in [1.29, 1.82) is 0 Å². The molecule has 4 aliphatic rings. The molecule has 6 atom stereocenters. The smallest absolute Gasteiger partial charge is 0.130 e. The average Bonchev–Trinajstić information content (AvgIpc) is 3.06. The van der Waals surface area contributed by atoms with Gasteiger partial charge in [0.05, 0.1) is 0 Å². The summed E-state index contributed by atoms with van der Waals surface area (Å²) in [7, 11) is 0. The Labute approximate surface area is 244 Å². The fourth-order valence-electron chi connectivity index (χ4n) is 9.40. The van der Waals surface area contributed by atoms with Gasteiger partial charge < -0.3 is 21.7 Å². The minimum absolute atomic E-state index is 0.0317. The van der Waals surface area contributed by atoms with Crippen molar-refractivity contribution in [2.75, 3.05) is 0 Å². The molecule has 226 valence electrons. The zero-order valence-corrected chi connectivity index (χ0v) is 25.2. The zero-order chi connectivity index (χ0) is 29.5. The van der Waals surface area contributed by atoms with Crippen LogP contribution in [0.15, 0.2) is 24.3 Å². The van der Waals surface area contributed by atoms with Crippen LogP contribution in [-0.2, 0) is 23.7 Å². The minimum atomic E-state index is -0.253. The third kappa shape index (κ3) is 5.40. The molecule has 0 spiro atoms. The summed E-state index contributed by atoms with van der Waals surface area (Å²) in [6, 6.07) is 6.23. The molecule has 6 heteroatoms. The van der Waals surface area contributed by atoms with E-state index >= 15 is 0 Å². The summed E-state index contributed by atoms with van der Waals surface area (Å²) < 4.78 is 28.7. The summed E-state index contributed by atoms with van der Waals surface area (Å²) >= 11 is 0. The highest BCUT2D eigenvalue weighted by Gasteiger charge is 2.49. The predicted octanol–water partition coefficient (Wildman–Crippen LogP) is 7.53. The summed E-state index contributed by atoms with van der Waals surface area (Å²) in [6.07, 6.45) is 13.4. The highest BCUT2D eigenvalue weighted by Crippen LogP contribution is 2.52. The van der Waals surface area contributed by atoms with Crippen molar-refractivity contribution >= 4 is 0 Å². The van der Waals surface area contributed by atoms with Crippen LogP contribution in [0.3, 0.4) is 0 Å². The predicted molar refractivity (Wildman–Crippen MR) is 161 cm³/mol. The van der Waals surface area contributed by atoms with Gasteiger partial charge in [0, 0.05) is 35.0 Å². The van der Waals surface area contributed by atoms with Gasteiger partial charge in [-0.25, -0.2) is 8.78 Å². The van der Waals surface area contributed by atoms with Gasteiger partial charge in [-0.3, -0.25) is 0 Å². The maximum atomic E-state index is 14.4. The van der Waals surface area contributed by atoms with Crippen LogP contribution < -0.4 is 11.5 Å². The Morgan fingerprint density at radius 3 is 1.73 bits per heavy atom. The topological polar surface area (TPSA) is 92.5 Å². The first-order valence-electron chi connectivity index (χ1n) is 16.1. The van der Waals surface area contributed by atoms with Crippen LogP contribution in [0.25, 0.3) is 0 Å². The number of aromatic hydroxyl groups is 2. The quantitative estimate of drug-likeness (QED) is 0.307. The van der Waals surface area contributed by atoms with E-state index in [-0.39, 0.29) is 46.0 Å². The highest BCUT2D eigenvalue weighted by molar-refractivity contribution is 5.46. The lowest BCUT2D eigenvalue weighted by molar-refractivity contribution is 0.197. The molecule has 2 fully saturated rings. The maximum Gasteiger partial charge on any atom is 0.130 e. The van der Waals surface area contributed by atoms with E-state index in [1.54, 1.807) is 12.1 Å². The van der Waals surface area contributed by atoms with Gasteiger partial charge in [0.2, 0.25) is 0 Å². The molecule has 0 amide bonds. The molecule has 4 bridgehead atoms. The minimum Gasteiger partial charge on any atom is -0.508 e. The van der Waals surface area contributed by atoms with Gasteiger partial charge in [0.15, 0.2) is 0 Å². The first-order valence-corrected chi connectivity index (χ1v) is 16.1. The van der Waals surface area contributed by atoms with Crippen LogP contribution >= 0.6 is 0 Å². The van der Waals surface area contributed by atoms with E-state index < -0.39 is 0 Å². The summed E-state index contributed by atoms with van der Waals surface area (Å²) in [4.78, 5) is 0. The van der Waals surface area contributed by atoms with Crippen molar-refractivity contribution < 1.29 is 19.0 Å². The first-order chi connectivity index (χ1) is 19.5. The summed E-state index contributed by atoms with van der Waals surface area (Å²) in [6.45, 7) is 6.57. The van der Waals surface area contributed by atoms with Crippen molar-refractivity contribution in [3.63, 3.8) is 0 Å².